The second-order valence-electron chi connectivity index (χ2n) is 8.06. The molecule has 5 rings (SSSR count). The third-order valence-corrected chi connectivity index (χ3v) is 6.39. The van der Waals surface area contributed by atoms with E-state index in [1.54, 1.807) is 0 Å². The van der Waals surface area contributed by atoms with Crippen molar-refractivity contribution in [2.24, 2.45) is 0 Å². The fraction of sp³-hybridized carbons (Fsp3) is 0.632. The third kappa shape index (κ3) is 3.15. The van der Waals surface area contributed by atoms with E-state index in [2.05, 4.69) is 19.9 Å². The minimum absolute atomic E-state index is 0.0179. The van der Waals surface area contributed by atoms with E-state index in [0.717, 1.165) is 25.8 Å². The van der Waals surface area contributed by atoms with Crippen molar-refractivity contribution in [3.05, 3.63) is 11.0 Å². The van der Waals surface area contributed by atoms with Crippen LogP contribution < -0.4 is 14.4 Å². The molecule has 7 nitrogen and oxygen atoms in total. The molecule has 0 N–H and O–H groups in total. The van der Waals surface area contributed by atoms with Gasteiger partial charge in [-0.2, -0.15) is 15.0 Å². The molecule has 5 heterocycles. The second kappa shape index (κ2) is 7.05. The van der Waals surface area contributed by atoms with Crippen LogP contribution in [0.1, 0.15) is 25.7 Å². The highest BCUT2D eigenvalue weighted by Crippen LogP contribution is 2.41. The Balaban J connectivity index is 1.54. The lowest BCUT2D eigenvalue weighted by molar-refractivity contribution is 0.107. The van der Waals surface area contributed by atoms with Crippen molar-refractivity contribution < 1.29 is 18.3 Å². The molecule has 156 valence electrons. The molecular weight excluding hydrogens is 404 g/mol. The van der Waals surface area contributed by atoms with Crippen LogP contribution in [0.2, 0.25) is 5.15 Å². The lowest BCUT2D eigenvalue weighted by atomic mass is 9.95. The van der Waals surface area contributed by atoms with E-state index >= 15 is 0 Å². The largest absolute Gasteiger partial charge is 0.477 e. The van der Waals surface area contributed by atoms with Gasteiger partial charge in [-0.15, -0.1) is 0 Å². The van der Waals surface area contributed by atoms with E-state index in [9.17, 15) is 8.78 Å². The summed E-state index contributed by atoms with van der Waals surface area (Å²) in [4.78, 5) is 16.9. The zero-order valence-corrected chi connectivity index (χ0v) is 16.9. The molecule has 2 aromatic rings. The van der Waals surface area contributed by atoms with Crippen LogP contribution >= 0.6 is 11.6 Å². The molecule has 0 radical (unpaired) electrons. The Kier molecular flexibility index (Phi) is 4.62. The van der Waals surface area contributed by atoms with Crippen LogP contribution in [0, 0.1) is 5.82 Å². The quantitative estimate of drug-likeness (QED) is 0.700. The van der Waals surface area contributed by atoms with Crippen molar-refractivity contribution in [3.8, 4) is 11.9 Å². The van der Waals surface area contributed by atoms with Crippen LogP contribution in [0.15, 0.2) is 0 Å². The van der Waals surface area contributed by atoms with Crippen LogP contribution in [0.25, 0.3) is 10.9 Å². The van der Waals surface area contributed by atoms with Crippen molar-refractivity contribution in [2.45, 2.75) is 37.4 Å². The Morgan fingerprint density at radius 3 is 3.00 bits per heavy atom. The number of nitrogens with zero attached hydrogens (tertiary/aromatic N) is 5. The molecule has 0 bridgehead atoms. The van der Waals surface area contributed by atoms with Gasteiger partial charge in [-0.05, 0) is 25.8 Å². The summed E-state index contributed by atoms with van der Waals surface area (Å²) < 4.78 is 40.4. The number of hydrogen-bond acceptors (Lipinski definition) is 7. The predicted molar refractivity (Wildman–Crippen MR) is 104 cm³/mol. The van der Waals surface area contributed by atoms with Crippen molar-refractivity contribution in [1.29, 1.82) is 0 Å². The Hall–Kier alpha value is -2.00. The van der Waals surface area contributed by atoms with Gasteiger partial charge in [0.15, 0.2) is 11.0 Å². The number of aromatic nitrogens is 3. The summed E-state index contributed by atoms with van der Waals surface area (Å²) in [7, 11) is 1.87. The van der Waals surface area contributed by atoms with E-state index in [-0.39, 0.29) is 34.7 Å². The Bertz CT molecular complexity index is 964. The fourth-order valence-corrected chi connectivity index (χ4v) is 4.91. The highest BCUT2D eigenvalue weighted by atomic mass is 35.5. The van der Waals surface area contributed by atoms with Crippen LogP contribution in [-0.2, 0) is 0 Å². The topological polar surface area (TPSA) is 63.6 Å². The lowest BCUT2D eigenvalue weighted by Crippen LogP contribution is -2.43. The van der Waals surface area contributed by atoms with Crippen LogP contribution in [0.5, 0.6) is 11.9 Å². The van der Waals surface area contributed by atoms with E-state index in [1.807, 2.05) is 11.9 Å². The van der Waals surface area contributed by atoms with E-state index in [1.165, 1.54) is 0 Å². The molecule has 3 aliphatic heterocycles. The first-order valence-corrected chi connectivity index (χ1v) is 10.3. The number of fused-ring (bicyclic) bond motifs is 1. The normalized spacial score (nSPS) is 26.9. The summed E-state index contributed by atoms with van der Waals surface area (Å²) in [5.74, 6) is -0.0312. The summed E-state index contributed by atoms with van der Waals surface area (Å²) in [5.41, 5.74) is -0.317. The maximum Gasteiger partial charge on any atom is 0.319 e. The average Bonchev–Trinajstić information content (AvgIpc) is 3.21. The van der Waals surface area contributed by atoms with Gasteiger partial charge in [0.1, 0.15) is 29.5 Å². The highest BCUT2D eigenvalue weighted by Gasteiger charge is 2.49. The highest BCUT2D eigenvalue weighted by molar-refractivity contribution is 6.30. The molecule has 29 heavy (non-hydrogen) atoms. The molecule has 0 spiro atoms. The number of ether oxygens (including phenoxy) is 2. The molecule has 0 aliphatic carbocycles. The minimum atomic E-state index is -0.849. The maximum absolute atomic E-state index is 14.8. The summed E-state index contributed by atoms with van der Waals surface area (Å²) in [6.45, 7) is 2.69. The third-order valence-electron chi connectivity index (χ3n) is 6.14. The Labute approximate surface area is 172 Å². The fourth-order valence-electron chi connectivity index (χ4n) is 4.75. The first kappa shape index (κ1) is 19.0. The number of pyridine rings is 1. The van der Waals surface area contributed by atoms with E-state index in [4.69, 9.17) is 21.1 Å². The summed E-state index contributed by atoms with van der Waals surface area (Å²) in [6, 6.07) is 0.0515. The van der Waals surface area contributed by atoms with Gasteiger partial charge in [-0.3, -0.25) is 4.90 Å². The molecule has 2 fully saturated rings. The molecule has 10 heteroatoms. The molecule has 0 aromatic carbocycles. The summed E-state index contributed by atoms with van der Waals surface area (Å²) in [5, 5.41) is 0.0785. The molecule has 2 saturated heterocycles. The van der Waals surface area contributed by atoms with Gasteiger partial charge in [0.2, 0.25) is 5.88 Å². The van der Waals surface area contributed by atoms with Gasteiger partial charge >= 0.3 is 6.01 Å². The molecule has 0 unspecified atom stereocenters. The number of rotatable bonds is 3. The maximum atomic E-state index is 14.8. The number of hydrogen-bond donors (Lipinski definition) is 0. The molecule has 2 atom stereocenters. The standard InChI is InChI=1S/C19H22ClF2N5O2/c1-26-5-3-7-28-17-12-14(13(22)15(20)24-17)23-18(25-16(12)26)29-10-19-4-2-6-27(19)9-11(21)8-19/h11H,2-10H2,1H3/t11-,19+/m1/s1. The molecule has 3 aliphatic rings. The molecule has 0 saturated carbocycles. The van der Waals surface area contributed by atoms with E-state index < -0.39 is 12.0 Å². The zero-order chi connectivity index (χ0) is 20.2. The molecular formula is C19H22ClF2N5O2. The van der Waals surface area contributed by atoms with Crippen molar-refractivity contribution in [2.75, 3.05) is 44.8 Å². The smallest absolute Gasteiger partial charge is 0.319 e. The van der Waals surface area contributed by atoms with Gasteiger partial charge in [-0.25, -0.2) is 8.78 Å². The van der Waals surface area contributed by atoms with Crippen LogP contribution in [0.3, 0.4) is 0 Å². The Morgan fingerprint density at radius 2 is 2.14 bits per heavy atom. The van der Waals surface area contributed by atoms with Crippen molar-refractivity contribution in [3.63, 3.8) is 0 Å². The van der Waals surface area contributed by atoms with Gasteiger partial charge in [0.25, 0.3) is 0 Å². The second-order valence-corrected chi connectivity index (χ2v) is 8.42. The molecule has 2 aromatic heterocycles. The van der Waals surface area contributed by atoms with E-state index in [0.29, 0.717) is 37.3 Å². The monoisotopic (exact) mass is 425 g/mol. The van der Waals surface area contributed by atoms with Crippen molar-refractivity contribution in [1.82, 2.24) is 19.9 Å². The predicted octanol–water partition coefficient (Wildman–Crippen LogP) is 2.99. The molecule has 0 amide bonds. The van der Waals surface area contributed by atoms with Gasteiger partial charge in [-0.1, -0.05) is 11.6 Å². The zero-order valence-electron chi connectivity index (χ0n) is 16.1. The van der Waals surface area contributed by atoms with Crippen molar-refractivity contribution >= 4 is 28.3 Å². The lowest BCUT2D eigenvalue weighted by Gasteiger charge is -2.31. The Morgan fingerprint density at radius 1 is 1.28 bits per heavy atom. The first-order valence-electron chi connectivity index (χ1n) is 9.89. The number of anilines is 1. The van der Waals surface area contributed by atoms with Crippen LogP contribution in [0.4, 0.5) is 14.6 Å². The first-order chi connectivity index (χ1) is 14.0. The number of halogens is 3. The minimum Gasteiger partial charge on any atom is -0.477 e. The van der Waals surface area contributed by atoms with Gasteiger partial charge in [0, 0.05) is 26.6 Å². The SMILES string of the molecule is CN1CCCOc2nc(Cl)c(F)c3nc(OC[C@@]45CCCN4C[C@H](F)C5)nc1c23. The summed E-state index contributed by atoms with van der Waals surface area (Å²) in [6.07, 6.45) is 2.23. The average molecular weight is 426 g/mol. The number of alkyl halides is 1. The summed E-state index contributed by atoms with van der Waals surface area (Å²) >= 11 is 5.97. The van der Waals surface area contributed by atoms with Crippen LogP contribution in [-0.4, -0.2) is 71.5 Å². The van der Waals surface area contributed by atoms with Gasteiger partial charge < -0.3 is 14.4 Å². The van der Waals surface area contributed by atoms with Gasteiger partial charge in [0.05, 0.1) is 12.1 Å².